The highest BCUT2D eigenvalue weighted by atomic mass is 16.5. The van der Waals surface area contributed by atoms with Crippen LogP contribution in [0.5, 0.6) is 5.88 Å². The first-order valence-electron chi connectivity index (χ1n) is 6.29. The maximum atomic E-state index is 6.18. The molecule has 0 aliphatic rings. The maximum absolute atomic E-state index is 6.18. The molecule has 0 spiro atoms. The number of rotatable bonds is 6. The molecule has 17 heavy (non-hydrogen) atoms. The second kappa shape index (κ2) is 5.96. The normalized spacial score (nSPS) is 11.6. The van der Waals surface area contributed by atoms with E-state index in [1.807, 2.05) is 13.0 Å². The molecule has 2 N–H and O–H groups in total. The van der Waals surface area contributed by atoms with E-state index in [4.69, 9.17) is 10.5 Å². The van der Waals surface area contributed by atoms with Crippen LogP contribution in [0.25, 0.3) is 0 Å². The number of nitrogens with zero attached hydrogens (tertiary/aromatic N) is 2. The van der Waals surface area contributed by atoms with Crippen LogP contribution in [0.3, 0.4) is 0 Å². The monoisotopic (exact) mass is 237 g/mol. The molecule has 0 aromatic carbocycles. The molecule has 4 heteroatoms. The second-order valence-corrected chi connectivity index (χ2v) is 4.46. The van der Waals surface area contributed by atoms with Crippen molar-refractivity contribution in [2.45, 2.75) is 52.5 Å². The summed E-state index contributed by atoms with van der Waals surface area (Å²) in [6.45, 7) is 8.60. The molecule has 1 aromatic heterocycles. The van der Waals surface area contributed by atoms with Gasteiger partial charge >= 0.3 is 0 Å². The van der Waals surface area contributed by atoms with E-state index < -0.39 is 0 Å². The largest absolute Gasteiger partial charge is 0.476 e. The highest BCUT2D eigenvalue weighted by Crippen LogP contribution is 2.15. The van der Waals surface area contributed by atoms with Gasteiger partial charge in [0.15, 0.2) is 0 Å². The standard InChI is InChI=1S/C13H23N3O/c1-5-11-8-12(16-10(4)15-11)17-9-13(14,6-2)7-3/h8H,5-7,9,14H2,1-4H3. The van der Waals surface area contributed by atoms with Gasteiger partial charge in [0.2, 0.25) is 5.88 Å². The smallest absolute Gasteiger partial charge is 0.216 e. The summed E-state index contributed by atoms with van der Waals surface area (Å²) < 4.78 is 5.70. The van der Waals surface area contributed by atoms with E-state index in [2.05, 4.69) is 30.7 Å². The van der Waals surface area contributed by atoms with Gasteiger partial charge < -0.3 is 10.5 Å². The minimum absolute atomic E-state index is 0.259. The van der Waals surface area contributed by atoms with Gasteiger partial charge in [-0.15, -0.1) is 0 Å². The number of hydrogen-bond donors (Lipinski definition) is 1. The molecule has 0 bridgehead atoms. The minimum Gasteiger partial charge on any atom is -0.476 e. The molecular weight excluding hydrogens is 214 g/mol. The SMILES string of the molecule is CCc1cc(OCC(N)(CC)CC)nc(C)n1. The van der Waals surface area contributed by atoms with Crippen LogP contribution in [0, 0.1) is 6.92 Å². The zero-order valence-corrected chi connectivity index (χ0v) is 11.3. The first-order valence-corrected chi connectivity index (χ1v) is 6.29. The van der Waals surface area contributed by atoms with Gasteiger partial charge in [0.1, 0.15) is 12.4 Å². The van der Waals surface area contributed by atoms with Crippen LogP contribution in [0.15, 0.2) is 6.07 Å². The molecule has 0 fully saturated rings. The van der Waals surface area contributed by atoms with Crippen molar-refractivity contribution in [3.63, 3.8) is 0 Å². The van der Waals surface area contributed by atoms with Crippen molar-refractivity contribution in [3.8, 4) is 5.88 Å². The first kappa shape index (κ1) is 13.9. The summed E-state index contributed by atoms with van der Waals surface area (Å²) >= 11 is 0. The van der Waals surface area contributed by atoms with Gasteiger partial charge in [0.05, 0.1) is 0 Å². The molecule has 0 radical (unpaired) electrons. The van der Waals surface area contributed by atoms with Crippen LogP contribution in [-0.4, -0.2) is 22.1 Å². The van der Waals surface area contributed by atoms with Crippen molar-refractivity contribution < 1.29 is 4.74 Å². The van der Waals surface area contributed by atoms with E-state index in [1.165, 1.54) is 0 Å². The fourth-order valence-corrected chi connectivity index (χ4v) is 1.53. The molecular formula is C13H23N3O. The summed E-state index contributed by atoms with van der Waals surface area (Å²) in [5.74, 6) is 1.38. The van der Waals surface area contributed by atoms with Gasteiger partial charge in [0.25, 0.3) is 0 Å². The zero-order chi connectivity index (χ0) is 12.9. The van der Waals surface area contributed by atoms with Crippen molar-refractivity contribution in [1.82, 2.24) is 9.97 Å². The molecule has 0 aliphatic heterocycles. The third kappa shape index (κ3) is 3.97. The van der Waals surface area contributed by atoms with Crippen molar-refractivity contribution in [2.24, 2.45) is 5.73 Å². The van der Waals surface area contributed by atoms with Crippen LogP contribution in [-0.2, 0) is 6.42 Å². The molecule has 4 nitrogen and oxygen atoms in total. The number of nitrogens with two attached hydrogens (primary N) is 1. The van der Waals surface area contributed by atoms with Crippen LogP contribution < -0.4 is 10.5 Å². The van der Waals surface area contributed by atoms with E-state index >= 15 is 0 Å². The van der Waals surface area contributed by atoms with Gasteiger partial charge in [0, 0.05) is 17.3 Å². The lowest BCUT2D eigenvalue weighted by Crippen LogP contribution is -2.44. The highest BCUT2D eigenvalue weighted by Gasteiger charge is 2.21. The maximum Gasteiger partial charge on any atom is 0.216 e. The predicted octanol–water partition coefficient (Wildman–Crippen LogP) is 2.24. The van der Waals surface area contributed by atoms with Gasteiger partial charge in [-0.3, -0.25) is 0 Å². The summed E-state index contributed by atoms with van der Waals surface area (Å²) in [6, 6.07) is 1.89. The van der Waals surface area contributed by atoms with Crippen LogP contribution in [0.2, 0.25) is 0 Å². The van der Waals surface area contributed by atoms with Gasteiger partial charge in [-0.25, -0.2) is 4.98 Å². The van der Waals surface area contributed by atoms with Gasteiger partial charge in [-0.1, -0.05) is 20.8 Å². The molecule has 0 saturated carbocycles. The first-order chi connectivity index (χ1) is 8.03. The molecule has 96 valence electrons. The van der Waals surface area contributed by atoms with E-state index in [-0.39, 0.29) is 5.54 Å². The highest BCUT2D eigenvalue weighted by molar-refractivity contribution is 5.16. The lowest BCUT2D eigenvalue weighted by Gasteiger charge is -2.26. The Morgan fingerprint density at radius 1 is 1.24 bits per heavy atom. The molecule has 0 aliphatic carbocycles. The quantitative estimate of drug-likeness (QED) is 0.824. The lowest BCUT2D eigenvalue weighted by molar-refractivity contribution is 0.200. The average Bonchev–Trinajstić information content (AvgIpc) is 2.35. The number of aromatic nitrogens is 2. The van der Waals surface area contributed by atoms with E-state index in [1.54, 1.807) is 0 Å². The van der Waals surface area contributed by atoms with Crippen LogP contribution >= 0.6 is 0 Å². The summed E-state index contributed by atoms with van der Waals surface area (Å²) in [5, 5.41) is 0. The average molecular weight is 237 g/mol. The van der Waals surface area contributed by atoms with Crippen molar-refractivity contribution in [2.75, 3.05) is 6.61 Å². The third-order valence-electron chi connectivity index (χ3n) is 3.15. The van der Waals surface area contributed by atoms with Crippen molar-refractivity contribution >= 4 is 0 Å². The summed E-state index contributed by atoms with van der Waals surface area (Å²) in [7, 11) is 0. The Hall–Kier alpha value is -1.16. The van der Waals surface area contributed by atoms with Gasteiger partial charge in [-0.2, -0.15) is 4.98 Å². The van der Waals surface area contributed by atoms with E-state index in [9.17, 15) is 0 Å². The Balaban J connectivity index is 2.72. The van der Waals surface area contributed by atoms with Crippen LogP contribution in [0.1, 0.15) is 45.1 Å². The molecule has 0 atom stereocenters. The van der Waals surface area contributed by atoms with E-state index in [0.717, 1.165) is 30.8 Å². The van der Waals surface area contributed by atoms with Crippen molar-refractivity contribution in [3.05, 3.63) is 17.6 Å². The molecule has 1 rings (SSSR count). The predicted molar refractivity (Wildman–Crippen MR) is 69.1 cm³/mol. The fourth-order valence-electron chi connectivity index (χ4n) is 1.53. The van der Waals surface area contributed by atoms with Gasteiger partial charge in [-0.05, 0) is 26.2 Å². The van der Waals surface area contributed by atoms with E-state index in [0.29, 0.717) is 12.5 Å². The minimum atomic E-state index is -0.259. The second-order valence-electron chi connectivity index (χ2n) is 4.46. The van der Waals surface area contributed by atoms with Crippen LogP contribution in [0.4, 0.5) is 0 Å². The lowest BCUT2D eigenvalue weighted by atomic mass is 9.96. The number of ether oxygens (including phenoxy) is 1. The Morgan fingerprint density at radius 2 is 1.88 bits per heavy atom. The zero-order valence-electron chi connectivity index (χ0n) is 11.3. The molecule has 0 amide bonds. The molecule has 0 saturated heterocycles. The number of hydrogen-bond acceptors (Lipinski definition) is 4. The molecule has 1 aromatic rings. The topological polar surface area (TPSA) is 61.0 Å². The molecule has 1 heterocycles. The Kier molecular flexibility index (Phi) is 4.87. The summed E-state index contributed by atoms with van der Waals surface area (Å²) in [4.78, 5) is 8.58. The Morgan fingerprint density at radius 3 is 2.41 bits per heavy atom. The Bertz CT molecular complexity index is 362. The Labute approximate surface area is 104 Å². The third-order valence-corrected chi connectivity index (χ3v) is 3.15. The fraction of sp³-hybridized carbons (Fsp3) is 0.692. The summed E-state index contributed by atoms with van der Waals surface area (Å²) in [6.07, 6.45) is 2.68. The van der Waals surface area contributed by atoms with Crippen molar-refractivity contribution in [1.29, 1.82) is 0 Å². The number of aryl methyl sites for hydroxylation is 2. The summed E-state index contributed by atoms with van der Waals surface area (Å²) in [5.41, 5.74) is 6.93. The molecule has 0 unspecified atom stereocenters.